The Morgan fingerprint density at radius 3 is 2.84 bits per heavy atom. The average molecular weight is 350 g/mol. The van der Waals surface area contributed by atoms with Crippen molar-refractivity contribution < 1.29 is 24.2 Å². The van der Waals surface area contributed by atoms with Gasteiger partial charge in [0.25, 0.3) is 0 Å². The number of amides is 1. The number of nitrogens with one attached hydrogen (secondary N) is 1. The van der Waals surface area contributed by atoms with Crippen molar-refractivity contribution in [2.45, 2.75) is 45.4 Å². The molecule has 1 aromatic carbocycles. The maximum Gasteiger partial charge on any atom is 0.305 e. The summed E-state index contributed by atoms with van der Waals surface area (Å²) in [6.07, 6.45) is 0.772. The van der Waals surface area contributed by atoms with Crippen LogP contribution in [0.5, 0.6) is 11.5 Å². The molecule has 0 aliphatic carbocycles. The number of hydrogen-bond acceptors (Lipinski definition) is 5. The van der Waals surface area contributed by atoms with Crippen molar-refractivity contribution in [3.05, 3.63) is 23.8 Å². The van der Waals surface area contributed by atoms with E-state index in [0.29, 0.717) is 31.1 Å². The maximum atomic E-state index is 12.0. The van der Waals surface area contributed by atoms with Crippen LogP contribution in [-0.2, 0) is 16.1 Å². The highest BCUT2D eigenvalue weighted by atomic mass is 16.5. The van der Waals surface area contributed by atoms with Gasteiger partial charge in [-0.05, 0) is 31.0 Å². The number of nitrogens with zero attached hydrogens (tertiary/aromatic N) is 1. The summed E-state index contributed by atoms with van der Waals surface area (Å²) in [7, 11) is 1.59. The number of rotatable bonds is 8. The Morgan fingerprint density at radius 2 is 2.20 bits per heavy atom. The van der Waals surface area contributed by atoms with Gasteiger partial charge in [-0.15, -0.1) is 0 Å². The Balaban J connectivity index is 2.15. The molecule has 0 saturated carbocycles. The van der Waals surface area contributed by atoms with Crippen LogP contribution in [0.15, 0.2) is 18.2 Å². The first-order valence-electron chi connectivity index (χ1n) is 8.51. The summed E-state index contributed by atoms with van der Waals surface area (Å²) in [6.45, 7) is 5.65. The summed E-state index contributed by atoms with van der Waals surface area (Å²) in [6, 6.07) is 5.00. The van der Waals surface area contributed by atoms with E-state index in [1.54, 1.807) is 7.11 Å². The van der Waals surface area contributed by atoms with Gasteiger partial charge < -0.3 is 19.9 Å². The van der Waals surface area contributed by atoms with Gasteiger partial charge >= 0.3 is 5.97 Å². The van der Waals surface area contributed by atoms with Crippen molar-refractivity contribution >= 4 is 11.9 Å². The van der Waals surface area contributed by atoms with E-state index in [1.165, 1.54) is 0 Å². The molecule has 7 heteroatoms. The summed E-state index contributed by atoms with van der Waals surface area (Å²) < 4.78 is 11.3. The number of piperazine rings is 1. The van der Waals surface area contributed by atoms with Crippen LogP contribution in [0.25, 0.3) is 0 Å². The Hall–Kier alpha value is -2.28. The lowest BCUT2D eigenvalue weighted by Gasteiger charge is -2.34. The van der Waals surface area contributed by atoms with E-state index in [9.17, 15) is 9.59 Å². The fourth-order valence-corrected chi connectivity index (χ4v) is 2.78. The Labute approximate surface area is 147 Å². The number of benzene rings is 1. The van der Waals surface area contributed by atoms with Crippen LogP contribution < -0.4 is 14.8 Å². The van der Waals surface area contributed by atoms with Crippen molar-refractivity contribution in [1.29, 1.82) is 0 Å². The molecular weight excluding hydrogens is 324 g/mol. The molecule has 2 N–H and O–H groups in total. The minimum absolute atomic E-state index is 0.0884. The van der Waals surface area contributed by atoms with Crippen LogP contribution in [0.3, 0.4) is 0 Å². The second-order valence-electron chi connectivity index (χ2n) is 6.20. The van der Waals surface area contributed by atoms with Gasteiger partial charge in [0, 0.05) is 19.6 Å². The molecule has 1 amide bonds. The third kappa shape index (κ3) is 5.09. The van der Waals surface area contributed by atoms with Crippen LogP contribution in [-0.4, -0.2) is 54.2 Å². The second kappa shape index (κ2) is 8.71. The molecule has 1 aromatic rings. The summed E-state index contributed by atoms with van der Waals surface area (Å²) >= 11 is 0. The van der Waals surface area contributed by atoms with Gasteiger partial charge in [-0.1, -0.05) is 13.0 Å². The van der Waals surface area contributed by atoms with E-state index < -0.39 is 12.0 Å². The molecule has 1 fully saturated rings. The first kappa shape index (κ1) is 19.1. The molecule has 2 rings (SSSR count). The van der Waals surface area contributed by atoms with Gasteiger partial charge in [0.05, 0.1) is 19.6 Å². The molecule has 1 aliphatic heterocycles. The van der Waals surface area contributed by atoms with E-state index in [1.807, 2.05) is 30.0 Å². The SMILES string of the molecule is CCC(C)Oc1ccc(CN2CCNC(=O)C2CC(=O)O)cc1OC. The first-order chi connectivity index (χ1) is 11.9. The highest BCUT2D eigenvalue weighted by molar-refractivity contribution is 5.86. The quantitative estimate of drug-likeness (QED) is 0.741. The Bertz CT molecular complexity index is 619. The summed E-state index contributed by atoms with van der Waals surface area (Å²) in [4.78, 5) is 24.9. The van der Waals surface area contributed by atoms with Crippen LogP contribution in [0.2, 0.25) is 0 Å². The molecule has 2 atom stereocenters. The molecule has 0 spiro atoms. The van der Waals surface area contributed by atoms with Gasteiger partial charge in [0.2, 0.25) is 5.91 Å². The van der Waals surface area contributed by atoms with Crippen molar-refractivity contribution in [2.24, 2.45) is 0 Å². The van der Waals surface area contributed by atoms with Crippen LogP contribution in [0, 0.1) is 0 Å². The lowest BCUT2D eigenvalue weighted by molar-refractivity contribution is -0.143. The molecule has 0 radical (unpaired) electrons. The van der Waals surface area contributed by atoms with E-state index in [0.717, 1.165) is 12.0 Å². The zero-order valence-electron chi connectivity index (χ0n) is 14.9. The van der Waals surface area contributed by atoms with Gasteiger partial charge in [0.1, 0.15) is 6.04 Å². The highest BCUT2D eigenvalue weighted by Gasteiger charge is 2.31. The minimum Gasteiger partial charge on any atom is -0.493 e. The predicted molar refractivity (Wildman–Crippen MR) is 92.8 cm³/mol. The van der Waals surface area contributed by atoms with E-state index >= 15 is 0 Å². The number of carbonyl (C=O) groups excluding carboxylic acids is 1. The molecule has 0 aromatic heterocycles. The highest BCUT2D eigenvalue weighted by Crippen LogP contribution is 2.30. The normalized spacial score (nSPS) is 19.2. The number of methoxy groups -OCH3 is 1. The molecule has 0 bridgehead atoms. The molecule has 7 nitrogen and oxygen atoms in total. The van der Waals surface area contributed by atoms with Gasteiger partial charge in [-0.25, -0.2) is 0 Å². The lowest BCUT2D eigenvalue weighted by atomic mass is 10.1. The van der Waals surface area contributed by atoms with Crippen LogP contribution >= 0.6 is 0 Å². The smallest absolute Gasteiger partial charge is 0.305 e. The Morgan fingerprint density at radius 1 is 1.44 bits per heavy atom. The number of carboxylic acid groups (broad SMARTS) is 1. The van der Waals surface area contributed by atoms with Crippen LogP contribution in [0.4, 0.5) is 0 Å². The molecule has 1 saturated heterocycles. The standard InChI is InChI=1S/C18H26N2O5/c1-4-12(2)25-15-6-5-13(9-16(15)24-3)11-20-8-7-19-18(23)14(20)10-17(21)22/h5-6,9,12,14H,4,7-8,10-11H2,1-3H3,(H,19,23)(H,21,22). The van der Waals surface area contributed by atoms with E-state index in [2.05, 4.69) is 12.2 Å². The summed E-state index contributed by atoms with van der Waals surface area (Å²) in [5, 5.41) is 11.8. The maximum absolute atomic E-state index is 12.0. The number of carbonyl (C=O) groups is 2. The minimum atomic E-state index is -0.984. The molecule has 1 heterocycles. The zero-order chi connectivity index (χ0) is 18.4. The number of ether oxygens (including phenoxy) is 2. The molecular formula is C18H26N2O5. The topological polar surface area (TPSA) is 88.1 Å². The largest absolute Gasteiger partial charge is 0.493 e. The van der Waals surface area contributed by atoms with Crippen molar-refractivity contribution in [3.63, 3.8) is 0 Å². The van der Waals surface area contributed by atoms with Crippen molar-refractivity contribution in [1.82, 2.24) is 10.2 Å². The van der Waals surface area contributed by atoms with Crippen molar-refractivity contribution in [2.75, 3.05) is 20.2 Å². The molecule has 25 heavy (non-hydrogen) atoms. The average Bonchev–Trinajstić information content (AvgIpc) is 2.58. The van der Waals surface area contributed by atoms with E-state index in [4.69, 9.17) is 14.6 Å². The number of aliphatic carboxylic acids is 1. The lowest BCUT2D eigenvalue weighted by Crippen LogP contribution is -2.55. The third-order valence-corrected chi connectivity index (χ3v) is 4.33. The summed E-state index contributed by atoms with van der Waals surface area (Å²) in [5.41, 5.74) is 0.943. The summed E-state index contributed by atoms with van der Waals surface area (Å²) in [5.74, 6) is 0.0902. The Kier molecular flexibility index (Phi) is 6.64. The first-order valence-corrected chi connectivity index (χ1v) is 8.51. The molecule has 138 valence electrons. The molecule has 1 aliphatic rings. The van der Waals surface area contributed by atoms with Crippen LogP contribution in [0.1, 0.15) is 32.3 Å². The number of hydrogen-bond donors (Lipinski definition) is 2. The number of carboxylic acids is 1. The fourth-order valence-electron chi connectivity index (χ4n) is 2.78. The zero-order valence-corrected chi connectivity index (χ0v) is 14.9. The van der Waals surface area contributed by atoms with Crippen molar-refractivity contribution in [3.8, 4) is 11.5 Å². The monoisotopic (exact) mass is 350 g/mol. The molecule has 2 unspecified atom stereocenters. The third-order valence-electron chi connectivity index (χ3n) is 4.33. The van der Waals surface area contributed by atoms with Gasteiger partial charge in [-0.2, -0.15) is 0 Å². The van der Waals surface area contributed by atoms with Gasteiger partial charge in [-0.3, -0.25) is 14.5 Å². The van der Waals surface area contributed by atoms with Gasteiger partial charge in [0.15, 0.2) is 11.5 Å². The van der Waals surface area contributed by atoms with E-state index in [-0.39, 0.29) is 18.4 Å². The second-order valence-corrected chi connectivity index (χ2v) is 6.20. The fraction of sp³-hybridized carbons (Fsp3) is 0.556. The predicted octanol–water partition coefficient (Wildman–Crippen LogP) is 1.65.